The number of pyridine rings is 1. The van der Waals surface area contributed by atoms with Gasteiger partial charge in [0.05, 0.1) is 12.1 Å². The van der Waals surface area contributed by atoms with Crippen LogP contribution in [0, 0.1) is 5.41 Å². The molecule has 4 rings (SSSR count). The normalized spacial score (nSPS) is 17.5. The summed E-state index contributed by atoms with van der Waals surface area (Å²) >= 11 is 0. The topological polar surface area (TPSA) is 63.7 Å². The lowest BCUT2D eigenvalue weighted by Crippen LogP contribution is -2.38. The molecule has 6 heteroatoms. The summed E-state index contributed by atoms with van der Waals surface area (Å²) in [5, 5.41) is 3.44. The van der Waals surface area contributed by atoms with E-state index in [-0.39, 0.29) is 18.1 Å². The minimum Gasteiger partial charge on any atom is -0.457 e. The summed E-state index contributed by atoms with van der Waals surface area (Å²) in [6, 6.07) is 13.4. The molecular weight excluding hydrogens is 390 g/mol. The molecule has 0 radical (unpaired) electrons. The van der Waals surface area contributed by atoms with Gasteiger partial charge in [-0.15, -0.1) is 0 Å². The van der Waals surface area contributed by atoms with Crippen LogP contribution in [-0.4, -0.2) is 43.3 Å². The largest absolute Gasteiger partial charge is 0.457 e. The van der Waals surface area contributed by atoms with Crippen LogP contribution in [0.2, 0.25) is 0 Å². The van der Waals surface area contributed by atoms with E-state index in [4.69, 9.17) is 14.5 Å². The molecule has 1 aromatic carbocycles. The summed E-state index contributed by atoms with van der Waals surface area (Å²) in [4.78, 5) is 20.1. The lowest BCUT2D eigenvalue weighted by molar-refractivity contribution is 0.0473. The molecule has 0 atom stereocenters. The first-order valence-corrected chi connectivity index (χ1v) is 11.1. The van der Waals surface area contributed by atoms with Crippen LogP contribution in [0.1, 0.15) is 55.5 Å². The summed E-state index contributed by atoms with van der Waals surface area (Å²) in [6.07, 6.45) is 5.01. The highest BCUT2D eigenvalue weighted by molar-refractivity contribution is 5.95. The Morgan fingerprint density at radius 3 is 2.45 bits per heavy atom. The second kappa shape index (κ2) is 8.87. The molecule has 1 spiro atoms. The van der Waals surface area contributed by atoms with Crippen molar-refractivity contribution in [3.05, 3.63) is 53.6 Å². The number of ether oxygens (including phenoxy) is 2. The van der Waals surface area contributed by atoms with E-state index < -0.39 is 0 Å². The maximum absolute atomic E-state index is 13.0. The fourth-order valence-electron chi connectivity index (χ4n) is 4.33. The van der Waals surface area contributed by atoms with Crippen molar-refractivity contribution in [2.45, 2.75) is 51.7 Å². The summed E-state index contributed by atoms with van der Waals surface area (Å²) in [5.41, 5.74) is 1.78. The number of piperidine rings is 1. The number of benzene rings is 1. The average Bonchev–Trinajstić information content (AvgIpc) is 3.51. The van der Waals surface area contributed by atoms with Crippen LogP contribution in [-0.2, 0) is 16.1 Å². The van der Waals surface area contributed by atoms with Crippen LogP contribution >= 0.6 is 0 Å². The third-order valence-corrected chi connectivity index (χ3v) is 6.36. The Bertz CT molecular complexity index is 899. The molecule has 1 N–H and O–H groups in total. The standard InChI is InChI=1S/C25H33N3O3/c1-24(2,18-30-3)27-21-10-9-20(23(29)31-17-19-7-5-4-6-8-19)22(26-21)28-15-13-25(11-12-25)14-16-28/h4-10H,11-18H2,1-3H3,(H,26,27). The van der Waals surface area contributed by atoms with E-state index in [0.717, 1.165) is 24.5 Å². The van der Waals surface area contributed by atoms with Crippen molar-refractivity contribution >= 4 is 17.6 Å². The van der Waals surface area contributed by atoms with Gasteiger partial charge < -0.3 is 19.7 Å². The molecule has 2 fully saturated rings. The molecule has 1 aliphatic carbocycles. The molecule has 2 aliphatic rings. The van der Waals surface area contributed by atoms with Gasteiger partial charge in [0, 0.05) is 20.2 Å². The highest BCUT2D eigenvalue weighted by atomic mass is 16.5. The smallest absolute Gasteiger partial charge is 0.342 e. The number of esters is 1. The van der Waals surface area contributed by atoms with Gasteiger partial charge in [-0.1, -0.05) is 30.3 Å². The van der Waals surface area contributed by atoms with Gasteiger partial charge >= 0.3 is 5.97 Å². The van der Waals surface area contributed by atoms with Crippen molar-refractivity contribution in [2.24, 2.45) is 5.41 Å². The van der Waals surface area contributed by atoms with Gasteiger partial charge in [-0.05, 0) is 62.6 Å². The van der Waals surface area contributed by atoms with E-state index in [1.54, 1.807) is 7.11 Å². The van der Waals surface area contributed by atoms with Crippen LogP contribution in [0.25, 0.3) is 0 Å². The zero-order valence-electron chi connectivity index (χ0n) is 18.8. The third kappa shape index (κ3) is 5.37. The summed E-state index contributed by atoms with van der Waals surface area (Å²) < 4.78 is 10.9. The van der Waals surface area contributed by atoms with Gasteiger partial charge in [0.25, 0.3) is 0 Å². The molecular formula is C25H33N3O3. The molecule has 1 aromatic heterocycles. The first kappa shape index (κ1) is 21.6. The molecule has 2 heterocycles. The fourth-order valence-corrected chi connectivity index (χ4v) is 4.33. The Balaban J connectivity index is 1.54. The van der Waals surface area contributed by atoms with Crippen molar-refractivity contribution in [1.82, 2.24) is 4.98 Å². The zero-order chi connectivity index (χ0) is 21.9. The van der Waals surface area contributed by atoms with Crippen LogP contribution in [0.4, 0.5) is 11.6 Å². The molecule has 2 aromatic rings. The molecule has 1 saturated heterocycles. The van der Waals surface area contributed by atoms with Gasteiger partial charge in [-0.3, -0.25) is 0 Å². The fraction of sp³-hybridized carbons (Fsp3) is 0.520. The molecule has 166 valence electrons. The average molecular weight is 424 g/mol. The van der Waals surface area contributed by atoms with Crippen molar-refractivity contribution in [1.29, 1.82) is 0 Å². The Kier molecular flexibility index (Phi) is 6.19. The summed E-state index contributed by atoms with van der Waals surface area (Å²) in [5.74, 6) is 1.12. The number of anilines is 2. The molecule has 0 amide bonds. The summed E-state index contributed by atoms with van der Waals surface area (Å²) in [7, 11) is 1.69. The number of hydrogen-bond acceptors (Lipinski definition) is 6. The molecule has 31 heavy (non-hydrogen) atoms. The Hall–Kier alpha value is -2.60. The first-order valence-electron chi connectivity index (χ1n) is 11.1. The number of aromatic nitrogens is 1. The van der Waals surface area contributed by atoms with E-state index >= 15 is 0 Å². The minimum atomic E-state index is -0.333. The number of nitrogens with zero attached hydrogens (tertiary/aromatic N) is 2. The number of carbonyl (C=O) groups is 1. The van der Waals surface area contributed by atoms with Crippen LogP contribution in [0.3, 0.4) is 0 Å². The number of hydrogen-bond donors (Lipinski definition) is 1. The maximum atomic E-state index is 13.0. The minimum absolute atomic E-state index is 0.253. The van der Waals surface area contributed by atoms with E-state index in [2.05, 4.69) is 24.1 Å². The number of carbonyl (C=O) groups excluding carboxylic acids is 1. The van der Waals surface area contributed by atoms with E-state index in [1.807, 2.05) is 42.5 Å². The van der Waals surface area contributed by atoms with Crippen molar-refractivity contribution in [3.8, 4) is 0 Å². The highest BCUT2D eigenvalue weighted by Gasteiger charge is 2.45. The predicted octanol–water partition coefficient (Wildman–Crippen LogP) is 4.66. The van der Waals surface area contributed by atoms with Gasteiger partial charge in [0.1, 0.15) is 23.8 Å². The van der Waals surface area contributed by atoms with Crippen molar-refractivity contribution in [2.75, 3.05) is 37.0 Å². The van der Waals surface area contributed by atoms with Crippen molar-refractivity contribution in [3.63, 3.8) is 0 Å². The van der Waals surface area contributed by atoms with Crippen LogP contribution in [0.5, 0.6) is 0 Å². The Morgan fingerprint density at radius 1 is 1.10 bits per heavy atom. The monoisotopic (exact) mass is 423 g/mol. The summed E-state index contributed by atoms with van der Waals surface area (Å²) in [6.45, 7) is 6.79. The SMILES string of the molecule is COCC(C)(C)Nc1ccc(C(=O)OCc2ccccc2)c(N2CCC3(CC2)CC3)n1. The van der Waals surface area contributed by atoms with E-state index in [0.29, 0.717) is 23.4 Å². The lowest BCUT2D eigenvalue weighted by Gasteiger charge is -2.34. The molecule has 1 aliphatic heterocycles. The number of methoxy groups -OCH3 is 1. The first-order chi connectivity index (χ1) is 14.9. The third-order valence-electron chi connectivity index (χ3n) is 6.36. The van der Waals surface area contributed by atoms with E-state index in [1.165, 1.54) is 25.7 Å². The Labute approximate surface area is 185 Å². The second-order valence-corrected chi connectivity index (χ2v) is 9.56. The second-order valence-electron chi connectivity index (χ2n) is 9.56. The quantitative estimate of drug-likeness (QED) is 0.623. The molecule has 6 nitrogen and oxygen atoms in total. The number of rotatable bonds is 8. The Morgan fingerprint density at radius 2 is 1.81 bits per heavy atom. The maximum Gasteiger partial charge on any atom is 0.342 e. The number of nitrogens with one attached hydrogen (secondary N) is 1. The van der Waals surface area contributed by atoms with Crippen molar-refractivity contribution < 1.29 is 14.3 Å². The molecule has 0 bridgehead atoms. The van der Waals surface area contributed by atoms with Crippen LogP contribution in [0.15, 0.2) is 42.5 Å². The van der Waals surface area contributed by atoms with Gasteiger partial charge in [0.2, 0.25) is 0 Å². The zero-order valence-corrected chi connectivity index (χ0v) is 18.8. The van der Waals surface area contributed by atoms with E-state index in [9.17, 15) is 4.79 Å². The predicted molar refractivity (Wildman–Crippen MR) is 122 cm³/mol. The lowest BCUT2D eigenvalue weighted by atomic mass is 9.93. The van der Waals surface area contributed by atoms with Gasteiger partial charge in [-0.25, -0.2) is 9.78 Å². The highest BCUT2D eigenvalue weighted by Crippen LogP contribution is 2.54. The molecule has 1 saturated carbocycles. The van der Waals surface area contributed by atoms with Gasteiger partial charge in [-0.2, -0.15) is 0 Å². The van der Waals surface area contributed by atoms with Gasteiger partial charge in [0.15, 0.2) is 0 Å². The molecule has 0 unspecified atom stereocenters. The van der Waals surface area contributed by atoms with Crippen LogP contribution < -0.4 is 10.2 Å².